The fourth-order valence-electron chi connectivity index (χ4n) is 3.40. The molecule has 0 radical (unpaired) electrons. The maximum Gasteiger partial charge on any atom is 0.256 e. The highest BCUT2D eigenvalue weighted by Gasteiger charge is 2.35. The Hall–Kier alpha value is -1.62. The van der Waals surface area contributed by atoms with Gasteiger partial charge in [-0.3, -0.25) is 4.79 Å². The van der Waals surface area contributed by atoms with Crippen molar-refractivity contribution in [3.8, 4) is 5.88 Å². The highest BCUT2D eigenvalue weighted by atomic mass is 16.5. The lowest BCUT2D eigenvalue weighted by atomic mass is 10.1. The number of aromatic nitrogens is 1. The number of nitrogens with zero attached hydrogens (tertiary/aromatic N) is 2. The van der Waals surface area contributed by atoms with Crippen LogP contribution in [0.25, 0.3) is 0 Å². The number of rotatable bonds is 5. The van der Waals surface area contributed by atoms with Crippen LogP contribution in [0.15, 0.2) is 6.07 Å². The van der Waals surface area contributed by atoms with Crippen molar-refractivity contribution in [2.45, 2.75) is 64.7 Å². The molecule has 0 bridgehead atoms. The third-order valence-corrected chi connectivity index (χ3v) is 4.61. The molecular weight excluding hydrogens is 278 g/mol. The second-order valence-corrected chi connectivity index (χ2v) is 6.56. The van der Waals surface area contributed by atoms with Crippen molar-refractivity contribution in [1.29, 1.82) is 0 Å². The van der Waals surface area contributed by atoms with Crippen LogP contribution in [0.3, 0.4) is 0 Å². The summed E-state index contributed by atoms with van der Waals surface area (Å²) in [6.07, 6.45) is 4.70. The van der Waals surface area contributed by atoms with Crippen LogP contribution in [0, 0.1) is 0 Å². The van der Waals surface area contributed by atoms with Crippen LogP contribution >= 0.6 is 0 Å². The van der Waals surface area contributed by atoms with Gasteiger partial charge in [0.2, 0.25) is 5.88 Å². The summed E-state index contributed by atoms with van der Waals surface area (Å²) in [5, 5.41) is 3.36. The summed E-state index contributed by atoms with van der Waals surface area (Å²) in [5.41, 5.74) is 2.58. The molecule has 1 aromatic heterocycles. The molecule has 22 heavy (non-hydrogen) atoms. The van der Waals surface area contributed by atoms with Crippen molar-refractivity contribution >= 4 is 5.91 Å². The van der Waals surface area contributed by atoms with Crippen molar-refractivity contribution in [2.24, 2.45) is 0 Å². The zero-order valence-electron chi connectivity index (χ0n) is 13.7. The number of hydrogen-bond acceptors (Lipinski definition) is 4. The third kappa shape index (κ3) is 2.82. The number of ether oxygens (including phenoxy) is 1. The second-order valence-electron chi connectivity index (χ2n) is 6.56. The molecule has 1 aromatic rings. The highest BCUT2D eigenvalue weighted by molar-refractivity contribution is 5.98. The molecule has 0 atom stereocenters. The first kappa shape index (κ1) is 15.3. The van der Waals surface area contributed by atoms with Gasteiger partial charge >= 0.3 is 0 Å². The first-order valence-electron chi connectivity index (χ1n) is 8.21. The van der Waals surface area contributed by atoms with E-state index >= 15 is 0 Å². The Morgan fingerprint density at radius 2 is 2.14 bits per heavy atom. The fourth-order valence-corrected chi connectivity index (χ4v) is 3.40. The van der Waals surface area contributed by atoms with Crippen molar-refractivity contribution in [3.05, 3.63) is 22.9 Å². The lowest BCUT2D eigenvalue weighted by molar-refractivity contribution is 0.0706. The van der Waals surface area contributed by atoms with Gasteiger partial charge in [0.05, 0.1) is 24.9 Å². The van der Waals surface area contributed by atoms with Gasteiger partial charge in [-0.2, -0.15) is 0 Å². The Labute approximate surface area is 132 Å². The summed E-state index contributed by atoms with van der Waals surface area (Å²) >= 11 is 0. The van der Waals surface area contributed by atoms with Gasteiger partial charge in [-0.15, -0.1) is 0 Å². The summed E-state index contributed by atoms with van der Waals surface area (Å²) in [6.45, 7) is 5.49. The van der Waals surface area contributed by atoms with Gasteiger partial charge in [0.15, 0.2) is 0 Å². The van der Waals surface area contributed by atoms with Gasteiger partial charge in [0.25, 0.3) is 5.91 Å². The summed E-state index contributed by atoms with van der Waals surface area (Å²) in [4.78, 5) is 19.3. The standard InChI is InChI=1S/C17H25N3O2/c1-11(2)18-9-12-8-14-15(19-16(12)22-3)10-20(17(14)21)13-6-4-5-7-13/h8,11,13,18H,4-7,9-10H2,1-3H3. The second kappa shape index (κ2) is 6.24. The summed E-state index contributed by atoms with van der Waals surface area (Å²) in [5.74, 6) is 0.774. The van der Waals surface area contributed by atoms with Gasteiger partial charge < -0.3 is 15.0 Å². The Morgan fingerprint density at radius 1 is 1.41 bits per heavy atom. The van der Waals surface area contributed by atoms with Gasteiger partial charge in [-0.05, 0) is 18.9 Å². The Balaban J connectivity index is 1.85. The number of amides is 1. The maximum atomic E-state index is 12.7. The zero-order chi connectivity index (χ0) is 15.7. The van der Waals surface area contributed by atoms with Crippen molar-refractivity contribution in [2.75, 3.05) is 7.11 Å². The number of fused-ring (bicyclic) bond motifs is 1. The van der Waals surface area contributed by atoms with Crippen molar-refractivity contribution < 1.29 is 9.53 Å². The first-order chi connectivity index (χ1) is 10.6. The molecule has 5 nitrogen and oxygen atoms in total. The third-order valence-electron chi connectivity index (χ3n) is 4.61. The van der Waals surface area contributed by atoms with Crippen LogP contribution in [0.5, 0.6) is 5.88 Å². The number of pyridine rings is 1. The van der Waals surface area contributed by atoms with Gasteiger partial charge in [-0.25, -0.2) is 4.98 Å². The number of nitrogens with one attached hydrogen (secondary N) is 1. The zero-order valence-corrected chi connectivity index (χ0v) is 13.7. The summed E-state index contributed by atoms with van der Waals surface area (Å²) < 4.78 is 5.42. The van der Waals surface area contributed by atoms with E-state index in [4.69, 9.17) is 4.74 Å². The molecule has 3 rings (SSSR count). The number of carbonyl (C=O) groups excluding carboxylic acids is 1. The topological polar surface area (TPSA) is 54.5 Å². The monoisotopic (exact) mass is 303 g/mol. The van der Waals surface area contributed by atoms with E-state index in [1.807, 2.05) is 11.0 Å². The molecule has 1 aliphatic carbocycles. The minimum atomic E-state index is 0.142. The molecule has 2 aliphatic rings. The molecule has 1 fully saturated rings. The Bertz CT molecular complexity index is 565. The molecule has 1 saturated carbocycles. The number of carbonyl (C=O) groups is 1. The largest absolute Gasteiger partial charge is 0.481 e. The Morgan fingerprint density at radius 3 is 2.77 bits per heavy atom. The average molecular weight is 303 g/mol. The van der Waals surface area contributed by atoms with Gasteiger partial charge in [0, 0.05) is 24.2 Å². The molecule has 0 unspecified atom stereocenters. The van der Waals surface area contributed by atoms with E-state index in [-0.39, 0.29) is 5.91 Å². The molecule has 0 saturated heterocycles. The van der Waals surface area contributed by atoms with Crippen molar-refractivity contribution in [1.82, 2.24) is 15.2 Å². The van der Waals surface area contributed by atoms with Gasteiger partial charge in [0.1, 0.15) is 0 Å². The van der Waals surface area contributed by atoms with E-state index < -0.39 is 0 Å². The van der Waals surface area contributed by atoms with Crippen LogP contribution in [0.2, 0.25) is 0 Å². The van der Waals surface area contributed by atoms with E-state index in [1.54, 1.807) is 7.11 Å². The molecule has 2 heterocycles. The molecule has 1 aliphatic heterocycles. The first-order valence-corrected chi connectivity index (χ1v) is 8.21. The summed E-state index contributed by atoms with van der Waals surface area (Å²) in [6, 6.07) is 2.74. The minimum absolute atomic E-state index is 0.142. The molecule has 1 amide bonds. The summed E-state index contributed by atoms with van der Waals surface area (Å²) in [7, 11) is 1.64. The normalized spacial score (nSPS) is 18.4. The van der Waals surface area contributed by atoms with Gasteiger partial charge in [-0.1, -0.05) is 26.7 Å². The van der Waals surface area contributed by atoms with Crippen molar-refractivity contribution in [3.63, 3.8) is 0 Å². The maximum absolute atomic E-state index is 12.7. The molecular formula is C17H25N3O2. The van der Waals surface area contributed by atoms with Crippen LogP contribution in [-0.2, 0) is 13.1 Å². The SMILES string of the molecule is COc1nc2c(cc1CNC(C)C)C(=O)N(C1CCCC1)C2. The van der Waals surface area contributed by atoms with E-state index in [0.717, 1.165) is 29.7 Å². The molecule has 120 valence electrons. The lowest BCUT2D eigenvalue weighted by Gasteiger charge is -2.22. The minimum Gasteiger partial charge on any atom is -0.481 e. The quantitative estimate of drug-likeness (QED) is 0.908. The molecule has 0 aromatic carbocycles. The number of methoxy groups -OCH3 is 1. The average Bonchev–Trinajstić information content (AvgIpc) is 3.12. The van der Waals surface area contributed by atoms with E-state index in [9.17, 15) is 4.79 Å². The van der Waals surface area contributed by atoms with Crippen LogP contribution in [0.4, 0.5) is 0 Å². The molecule has 1 N–H and O–H groups in total. The predicted molar refractivity (Wildman–Crippen MR) is 84.9 cm³/mol. The lowest BCUT2D eigenvalue weighted by Crippen LogP contribution is -2.33. The van der Waals surface area contributed by atoms with Crippen LogP contribution in [-0.4, -0.2) is 35.0 Å². The van der Waals surface area contributed by atoms with Crippen LogP contribution in [0.1, 0.15) is 61.1 Å². The van der Waals surface area contributed by atoms with Crippen LogP contribution < -0.4 is 10.1 Å². The molecule has 0 spiro atoms. The van der Waals surface area contributed by atoms with E-state index in [2.05, 4.69) is 24.1 Å². The smallest absolute Gasteiger partial charge is 0.256 e. The fraction of sp³-hybridized carbons (Fsp3) is 0.647. The van der Waals surface area contributed by atoms with E-state index in [1.165, 1.54) is 12.8 Å². The van der Waals surface area contributed by atoms with E-state index in [0.29, 0.717) is 31.1 Å². The highest BCUT2D eigenvalue weighted by Crippen LogP contribution is 2.33. The Kier molecular flexibility index (Phi) is 4.34. The number of hydrogen-bond donors (Lipinski definition) is 1. The molecule has 5 heteroatoms. The predicted octanol–water partition coefficient (Wildman–Crippen LogP) is 2.49.